The molecule has 0 aromatic carbocycles. The molecule has 0 saturated carbocycles. The summed E-state index contributed by atoms with van der Waals surface area (Å²) >= 11 is 0. The molecule has 3 rings (SSSR count). The van der Waals surface area contributed by atoms with Crippen LogP contribution in [0.1, 0.15) is 164 Å². The Morgan fingerprint density at radius 2 is 0.686 bits per heavy atom. The number of phosphoric acid groups is 1. The Balaban J connectivity index is 1.57. The number of aliphatic hydroxyl groups excluding tert-OH is 9. The molecule has 3 aliphatic rings. The number of rotatable bonds is 62. The zero-order valence-corrected chi connectivity index (χ0v) is 69.3. The van der Waals surface area contributed by atoms with Crippen molar-refractivity contribution in [2.45, 2.75) is 273 Å². The van der Waals surface area contributed by atoms with Crippen LogP contribution >= 0.6 is 7.82 Å². The van der Waals surface area contributed by atoms with E-state index in [4.69, 9.17) is 51.7 Å². The number of carbonyl (C=O) groups excluding carboxylic acids is 11. The molecule has 0 aromatic rings. The first-order chi connectivity index (χ1) is 56.1. The Hall–Kier alpha value is -6.44. The average Bonchev–Trinajstić information content (AvgIpc) is 0.818. The lowest BCUT2D eigenvalue weighted by Crippen LogP contribution is -2.64. The highest BCUT2D eigenvalue weighted by atomic mass is 31.2. The number of phosphoric ester groups is 1. The number of amides is 11. The monoisotopic (exact) mass is 1720 g/mol. The summed E-state index contributed by atoms with van der Waals surface area (Å²) in [7, 11) is -4.54. The molecule has 16 unspecified atom stereocenters. The highest BCUT2D eigenvalue weighted by Crippen LogP contribution is 2.43. The molecular formula is C73H131N11O33P-. The number of hydrogen-bond acceptors (Lipinski definition) is 33. The van der Waals surface area contributed by atoms with Crippen molar-refractivity contribution in [1.29, 1.82) is 0 Å². The van der Waals surface area contributed by atoms with E-state index in [2.05, 4.69) is 58.5 Å². The maximum Gasteiger partial charge on any atom is 0.268 e. The van der Waals surface area contributed by atoms with Crippen molar-refractivity contribution in [2.24, 2.45) is 0 Å². The molecule has 118 heavy (non-hydrogen) atoms. The van der Waals surface area contributed by atoms with Gasteiger partial charge in [-0.1, -0.05) is 12.8 Å². The van der Waals surface area contributed by atoms with Crippen LogP contribution in [0.2, 0.25) is 0 Å². The summed E-state index contributed by atoms with van der Waals surface area (Å²) in [6, 6.07) is -5.78. The highest BCUT2D eigenvalue weighted by molar-refractivity contribution is 7.45. The Morgan fingerprint density at radius 3 is 1.03 bits per heavy atom. The van der Waals surface area contributed by atoms with Gasteiger partial charge in [0.2, 0.25) is 65.0 Å². The standard InChI is InChI=1S/C73H132N11O33P/c1-45(88)80-59-65(100)62(97)50(42-85)114-70(59)110-39-36-107-33-29-76-55(93)22-15-20-53(91)74-26-12-9-18-48(68(103)79-28-11-7-8-14-32-113-118(105,106)117-73(4,5)6)84-69(104)49(83-58(96)25-17-24-57(95)78-31-35-109-38-41-112-72-61(82-47(3)90)67(102)64(99)52(44-87)116-72)19-10-13-27-75-54(92)21-16-23-56(94)77-30-34-108-37-40-111-71-60(81-46(2)89)66(101)63(98)51(43-86)115-71/h48-52,59-67,70-72,85-87,97-102H,7-44H2,1-6H3,(H,74,91)(H,75,92)(H,76,93)(H,77,94)(H,78,95)(H,79,103)(H,80,88)(H,81,89)(H,82,90)(H,83,96)(H,84,104)(H,105,106)/p-1/t48-,49-,50?,51?,52?,59?,60?,61?,62?,63?,64?,65?,66?,67?,70?,71?,72?/m0/s1. The van der Waals surface area contributed by atoms with Gasteiger partial charge in [0.15, 0.2) is 18.9 Å². The molecule has 0 radical (unpaired) electrons. The molecule has 0 bridgehead atoms. The van der Waals surface area contributed by atoms with E-state index in [1.54, 1.807) is 20.8 Å². The van der Waals surface area contributed by atoms with Gasteiger partial charge in [-0.3, -0.25) is 57.3 Å². The predicted molar refractivity (Wildman–Crippen MR) is 410 cm³/mol. The van der Waals surface area contributed by atoms with Crippen molar-refractivity contribution in [3.8, 4) is 0 Å². The zero-order chi connectivity index (χ0) is 87.6. The number of aliphatic hydroxyl groups is 9. The molecule has 11 amide bonds. The quantitative estimate of drug-likeness (QED) is 0.0199. The van der Waals surface area contributed by atoms with E-state index < -0.39 is 179 Å². The third-order valence-electron chi connectivity index (χ3n) is 18.2. The molecule has 44 nitrogen and oxygen atoms in total. The average molecular weight is 1720 g/mol. The lowest BCUT2D eigenvalue weighted by molar-refractivity contribution is -0.272. The molecule has 0 spiro atoms. The molecule has 3 aliphatic heterocycles. The summed E-state index contributed by atoms with van der Waals surface area (Å²) in [4.78, 5) is 153. The van der Waals surface area contributed by atoms with Crippen LogP contribution in [0, 0.1) is 0 Å². The second kappa shape index (κ2) is 59.3. The summed E-state index contributed by atoms with van der Waals surface area (Å²) in [5, 5.41) is 120. The van der Waals surface area contributed by atoms with E-state index in [0.717, 1.165) is 0 Å². The first-order valence-corrected chi connectivity index (χ1v) is 41.7. The number of ether oxygens (including phenoxy) is 9. The van der Waals surface area contributed by atoms with Crippen LogP contribution in [-0.4, -0.2) is 346 Å². The van der Waals surface area contributed by atoms with E-state index >= 15 is 0 Å². The van der Waals surface area contributed by atoms with E-state index in [0.29, 0.717) is 44.9 Å². The molecule has 3 saturated heterocycles. The van der Waals surface area contributed by atoms with Crippen LogP contribution in [0.3, 0.4) is 0 Å². The van der Waals surface area contributed by atoms with Crippen LogP contribution in [-0.2, 0) is 109 Å². The molecule has 3 fully saturated rings. The molecule has 0 aromatic heterocycles. The molecule has 18 atom stereocenters. The summed E-state index contributed by atoms with van der Waals surface area (Å²) in [6.45, 7) is 7.08. The minimum atomic E-state index is -4.54. The molecule has 3 heterocycles. The first-order valence-electron chi connectivity index (χ1n) is 40.2. The van der Waals surface area contributed by atoms with E-state index in [1.807, 2.05) is 0 Å². The summed E-state index contributed by atoms with van der Waals surface area (Å²) in [5.74, 6) is -5.26. The number of unbranched alkanes of at least 4 members (excludes halogenated alkanes) is 5. The molecule has 682 valence electrons. The van der Waals surface area contributed by atoms with Crippen LogP contribution < -0.4 is 63.4 Å². The molecular weight excluding hydrogens is 1590 g/mol. The lowest BCUT2D eigenvalue weighted by atomic mass is 9.97. The van der Waals surface area contributed by atoms with Gasteiger partial charge in [0.25, 0.3) is 7.82 Å². The second-order valence-corrected chi connectivity index (χ2v) is 30.8. The molecule has 20 N–H and O–H groups in total. The predicted octanol–water partition coefficient (Wildman–Crippen LogP) is -6.70. The van der Waals surface area contributed by atoms with Crippen molar-refractivity contribution >= 4 is 72.8 Å². The smallest absolute Gasteiger partial charge is 0.268 e. The second-order valence-electron chi connectivity index (χ2n) is 29.4. The summed E-state index contributed by atoms with van der Waals surface area (Å²) < 4.78 is 72.1. The van der Waals surface area contributed by atoms with E-state index in [-0.39, 0.29) is 206 Å². The summed E-state index contributed by atoms with van der Waals surface area (Å²) in [6.07, 6.45) is -12.6. The Kier molecular flexibility index (Phi) is 53.2. The van der Waals surface area contributed by atoms with Gasteiger partial charge < -0.3 is 161 Å². The topological polar surface area (TPSA) is 644 Å². The maximum atomic E-state index is 14.4. The van der Waals surface area contributed by atoms with Crippen molar-refractivity contribution in [3.05, 3.63) is 0 Å². The first kappa shape index (κ1) is 106. The van der Waals surface area contributed by atoms with Gasteiger partial charge >= 0.3 is 0 Å². The minimum Gasteiger partial charge on any atom is -0.756 e. The number of nitrogens with one attached hydrogen (secondary N) is 11. The van der Waals surface area contributed by atoms with Crippen LogP contribution in [0.15, 0.2) is 0 Å². The van der Waals surface area contributed by atoms with Gasteiger partial charge in [-0.15, -0.1) is 0 Å². The fourth-order valence-electron chi connectivity index (χ4n) is 12.2. The maximum absolute atomic E-state index is 14.4. The SMILES string of the molecule is CC(=O)NC1C(OCCOCCNC(=O)CCCC(=O)NCCCC[C@H](NC(=O)CCCC(=O)NCCOCCOC2OC(CO)C(O)C(O)C2NC(C)=O)C(=O)N[C@@H](CCCCNC(=O)CCCC(=O)NCCOCCOC2OC(CO)C(O)C(O)C2NC(C)=O)C(=O)NCCCCCCOP(=O)([O-])OC(C)(C)C)OC(CO)C(O)C1O. The van der Waals surface area contributed by atoms with Gasteiger partial charge in [-0.05, 0) is 91.4 Å². The Bertz CT molecular complexity index is 3030. The van der Waals surface area contributed by atoms with Crippen molar-refractivity contribution in [2.75, 3.05) is 125 Å². The Labute approximate surface area is 687 Å². The van der Waals surface area contributed by atoms with Crippen LogP contribution in [0.5, 0.6) is 0 Å². The number of hydrogen-bond donors (Lipinski definition) is 20. The van der Waals surface area contributed by atoms with Crippen molar-refractivity contribution < 1.29 is 160 Å². The Morgan fingerprint density at radius 1 is 0.373 bits per heavy atom. The number of carbonyl (C=O) groups is 11. The van der Waals surface area contributed by atoms with Crippen LogP contribution in [0.25, 0.3) is 0 Å². The highest BCUT2D eigenvalue weighted by Gasteiger charge is 2.48. The van der Waals surface area contributed by atoms with Gasteiger partial charge in [-0.2, -0.15) is 0 Å². The minimum absolute atomic E-state index is 0.00418. The van der Waals surface area contributed by atoms with Crippen LogP contribution in [0.4, 0.5) is 0 Å². The molecule has 45 heteroatoms. The molecule has 0 aliphatic carbocycles. The van der Waals surface area contributed by atoms with Gasteiger partial charge in [0.1, 0.15) is 85.1 Å². The normalized spacial score (nSPS) is 24.2. The van der Waals surface area contributed by atoms with Crippen molar-refractivity contribution in [3.63, 3.8) is 0 Å². The lowest BCUT2D eigenvalue weighted by Gasteiger charge is -2.42. The van der Waals surface area contributed by atoms with Gasteiger partial charge in [0, 0.05) is 98.6 Å². The van der Waals surface area contributed by atoms with Gasteiger partial charge in [0.05, 0.1) is 91.5 Å². The zero-order valence-electron chi connectivity index (χ0n) is 68.5. The van der Waals surface area contributed by atoms with E-state index in [1.165, 1.54) is 20.8 Å². The summed E-state index contributed by atoms with van der Waals surface area (Å²) in [5.41, 5.74) is -0.983. The third-order valence-corrected chi connectivity index (χ3v) is 19.5. The van der Waals surface area contributed by atoms with Crippen molar-refractivity contribution in [1.82, 2.24) is 58.5 Å². The van der Waals surface area contributed by atoms with E-state index in [9.17, 15) is 108 Å². The van der Waals surface area contributed by atoms with Gasteiger partial charge in [-0.25, -0.2) is 0 Å². The fraction of sp³-hybridized carbons (Fsp3) is 0.849. The largest absolute Gasteiger partial charge is 0.756 e. The fourth-order valence-corrected chi connectivity index (χ4v) is 13.3. The third kappa shape index (κ3) is 44.9.